The summed E-state index contributed by atoms with van der Waals surface area (Å²) >= 11 is 2.21. The molecule has 2 aliphatic rings. The van der Waals surface area contributed by atoms with E-state index in [1.165, 1.54) is 0 Å². The number of halogens is 3. The van der Waals surface area contributed by atoms with Crippen LogP contribution in [0, 0.1) is 8.99 Å². The molecule has 1 saturated heterocycles. The number of anilines is 1. The predicted molar refractivity (Wildman–Crippen MR) is 91.7 cm³/mol. The summed E-state index contributed by atoms with van der Waals surface area (Å²) in [6.07, 6.45) is 6.57. The van der Waals surface area contributed by atoms with Crippen LogP contribution in [0.15, 0.2) is 18.6 Å². The van der Waals surface area contributed by atoms with Gasteiger partial charge in [-0.15, -0.1) is 0 Å². The second kappa shape index (κ2) is 5.23. The van der Waals surface area contributed by atoms with Crippen LogP contribution < -0.4 is 10.6 Å². The summed E-state index contributed by atoms with van der Waals surface area (Å²) in [5.41, 5.74) is 6.52. The average molecular weight is 433 g/mol. The Kier molecular flexibility index (Phi) is 3.53. The van der Waals surface area contributed by atoms with E-state index >= 15 is 0 Å². The fourth-order valence-corrected chi connectivity index (χ4v) is 4.60. The third-order valence-electron chi connectivity index (χ3n) is 5.32. The predicted octanol–water partition coefficient (Wildman–Crippen LogP) is 2.68. The largest absolute Gasteiger partial charge is 0.342 e. The number of fused-ring (bicyclic) bond motifs is 1. The summed E-state index contributed by atoms with van der Waals surface area (Å²) in [6.45, 7) is 1.40. The van der Waals surface area contributed by atoms with Crippen LogP contribution >= 0.6 is 22.6 Å². The van der Waals surface area contributed by atoms with Crippen LogP contribution in [0.5, 0.6) is 0 Å². The summed E-state index contributed by atoms with van der Waals surface area (Å²) in [4.78, 5) is 11.0. The maximum absolute atomic E-state index is 13.7. The van der Waals surface area contributed by atoms with Gasteiger partial charge < -0.3 is 10.6 Å². The standard InChI is InChI=1S/C15H18F2IN5/c16-15(17)7-11(19)14(9-15)1-4-22(5-2-14)13-21-8-10(18)12-20-3-6-23(12)13/h3,6,8,11H,1-2,4-5,7,9,19H2/t11-/m1/s1. The van der Waals surface area contributed by atoms with Crippen LogP contribution in [0.1, 0.15) is 25.7 Å². The highest BCUT2D eigenvalue weighted by atomic mass is 127. The molecule has 3 heterocycles. The van der Waals surface area contributed by atoms with Crippen LogP contribution in [0.4, 0.5) is 14.7 Å². The Hall–Kier alpha value is -1.03. The molecule has 5 nitrogen and oxygen atoms in total. The quantitative estimate of drug-likeness (QED) is 0.703. The Balaban J connectivity index is 1.58. The van der Waals surface area contributed by atoms with Gasteiger partial charge in [0, 0.05) is 50.6 Å². The first kappa shape index (κ1) is 15.5. The lowest BCUT2D eigenvalue weighted by atomic mass is 9.74. The Morgan fingerprint density at radius 2 is 2.00 bits per heavy atom. The highest BCUT2D eigenvalue weighted by molar-refractivity contribution is 14.1. The fourth-order valence-electron chi connectivity index (χ4n) is 4.07. The molecule has 124 valence electrons. The van der Waals surface area contributed by atoms with E-state index in [4.69, 9.17) is 5.73 Å². The number of nitrogens with two attached hydrogens (primary N) is 1. The lowest BCUT2D eigenvalue weighted by Gasteiger charge is -2.42. The van der Waals surface area contributed by atoms with E-state index in [-0.39, 0.29) is 12.8 Å². The van der Waals surface area contributed by atoms with Crippen molar-refractivity contribution in [3.05, 3.63) is 22.2 Å². The third kappa shape index (κ3) is 2.50. The first-order chi connectivity index (χ1) is 10.9. The van der Waals surface area contributed by atoms with Crippen molar-refractivity contribution in [1.29, 1.82) is 0 Å². The molecule has 23 heavy (non-hydrogen) atoms. The third-order valence-corrected chi connectivity index (χ3v) is 6.08. The number of hydrogen-bond acceptors (Lipinski definition) is 4. The molecule has 0 bridgehead atoms. The van der Waals surface area contributed by atoms with Crippen molar-refractivity contribution < 1.29 is 8.78 Å². The average Bonchev–Trinajstić information content (AvgIpc) is 3.05. The molecule has 4 rings (SSSR count). The maximum atomic E-state index is 13.7. The van der Waals surface area contributed by atoms with Crippen molar-refractivity contribution in [2.45, 2.75) is 37.6 Å². The minimum Gasteiger partial charge on any atom is -0.342 e. The van der Waals surface area contributed by atoms with Gasteiger partial charge >= 0.3 is 0 Å². The van der Waals surface area contributed by atoms with Crippen molar-refractivity contribution in [3.8, 4) is 0 Å². The van der Waals surface area contributed by atoms with Crippen LogP contribution in [0.3, 0.4) is 0 Å². The van der Waals surface area contributed by atoms with E-state index in [1.807, 2.05) is 10.6 Å². The highest BCUT2D eigenvalue weighted by Gasteiger charge is 2.55. The molecule has 1 spiro atoms. The molecule has 0 amide bonds. The van der Waals surface area contributed by atoms with Gasteiger partial charge in [-0.25, -0.2) is 18.7 Å². The molecule has 0 unspecified atom stereocenters. The van der Waals surface area contributed by atoms with E-state index in [0.29, 0.717) is 25.9 Å². The molecule has 1 aliphatic carbocycles. The van der Waals surface area contributed by atoms with Gasteiger partial charge in [-0.1, -0.05) is 0 Å². The number of imidazole rings is 1. The number of alkyl halides is 2. The van der Waals surface area contributed by atoms with E-state index in [1.54, 1.807) is 12.4 Å². The Bertz CT molecular complexity index is 739. The second-order valence-corrected chi connectivity index (χ2v) is 7.88. The molecule has 2 aromatic rings. The SMILES string of the molecule is N[C@@H]1CC(F)(F)CC12CCN(c1ncc(I)c3nccn13)CC2. The number of nitrogens with zero attached hydrogens (tertiary/aromatic N) is 4. The van der Waals surface area contributed by atoms with Gasteiger partial charge in [-0.2, -0.15) is 0 Å². The first-order valence-electron chi connectivity index (χ1n) is 7.76. The van der Waals surface area contributed by atoms with Gasteiger partial charge in [0.05, 0.1) is 3.57 Å². The number of piperidine rings is 1. The Morgan fingerprint density at radius 3 is 2.65 bits per heavy atom. The summed E-state index contributed by atoms with van der Waals surface area (Å²) in [5.74, 6) is -1.79. The van der Waals surface area contributed by atoms with Crippen molar-refractivity contribution >= 4 is 34.2 Å². The van der Waals surface area contributed by atoms with Crippen molar-refractivity contribution in [2.24, 2.45) is 11.1 Å². The molecule has 2 fully saturated rings. The van der Waals surface area contributed by atoms with E-state index in [0.717, 1.165) is 15.2 Å². The van der Waals surface area contributed by atoms with E-state index in [9.17, 15) is 8.78 Å². The zero-order valence-corrected chi connectivity index (χ0v) is 14.7. The molecule has 1 aliphatic heterocycles. The topological polar surface area (TPSA) is 59.5 Å². The van der Waals surface area contributed by atoms with E-state index in [2.05, 4.69) is 37.5 Å². The lowest BCUT2D eigenvalue weighted by molar-refractivity contribution is -0.00685. The zero-order chi connectivity index (χ0) is 16.2. The normalized spacial score (nSPS) is 26.3. The van der Waals surface area contributed by atoms with Crippen LogP contribution in [0.25, 0.3) is 5.65 Å². The van der Waals surface area contributed by atoms with Gasteiger partial charge in [0.2, 0.25) is 11.9 Å². The summed E-state index contributed by atoms with van der Waals surface area (Å²) < 4.78 is 30.4. The smallest absolute Gasteiger partial charge is 0.250 e. The molecular weight excluding hydrogens is 415 g/mol. The first-order valence-corrected chi connectivity index (χ1v) is 8.84. The number of aromatic nitrogens is 3. The highest BCUT2D eigenvalue weighted by Crippen LogP contribution is 2.52. The molecule has 2 N–H and O–H groups in total. The molecule has 0 aromatic carbocycles. The van der Waals surface area contributed by atoms with Crippen molar-refractivity contribution in [1.82, 2.24) is 14.4 Å². The van der Waals surface area contributed by atoms with Crippen molar-refractivity contribution in [3.63, 3.8) is 0 Å². The fraction of sp³-hybridized carbons (Fsp3) is 0.600. The molecule has 8 heteroatoms. The molecule has 2 aromatic heterocycles. The summed E-state index contributed by atoms with van der Waals surface area (Å²) in [6, 6.07) is -0.405. The molecule has 1 atom stereocenters. The second-order valence-electron chi connectivity index (χ2n) is 6.72. The molecule has 0 radical (unpaired) electrons. The molecule has 1 saturated carbocycles. The van der Waals surface area contributed by atoms with E-state index < -0.39 is 17.4 Å². The number of hydrogen-bond donors (Lipinski definition) is 1. The molecular formula is C15H18F2IN5. The van der Waals surface area contributed by atoms with Gasteiger partial charge in [-0.05, 0) is 40.8 Å². The van der Waals surface area contributed by atoms with Gasteiger partial charge in [0.25, 0.3) is 0 Å². The minimum absolute atomic E-state index is 0.0738. The zero-order valence-electron chi connectivity index (χ0n) is 12.6. The monoisotopic (exact) mass is 433 g/mol. The minimum atomic E-state index is -2.61. The lowest BCUT2D eigenvalue weighted by Crippen LogP contribution is -2.47. The Morgan fingerprint density at radius 1 is 1.26 bits per heavy atom. The van der Waals surface area contributed by atoms with Crippen LogP contribution in [0.2, 0.25) is 0 Å². The maximum Gasteiger partial charge on any atom is 0.250 e. The Labute approximate surface area is 146 Å². The van der Waals surface area contributed by atoms with Crippen LogP contribution in [-0.4, -0.2) is 39.4 Å². The summed E-state index contributed by atoms with van der Waals surface area (Å²) in [7, 11) is 0. The van der Waals surface area contributed by atoms with Crippen molar-refractivity contribution in [2.75, 3.05) is 18.0 Å². The number of rotatable bonds is 1. The van der Waals surface area contributed by atoms with Crippen LogP contribution in [-0.2, 0) is 0 Å². The van der Waals surface area contributed by atoms with Gasteiger partial charge in [0.1, 0.15) is 0 Å². The summed E-state index contributed by atoms with van der Waals surface area (Å²) in [5, 5.41) is 0. The van der Waals surface area contributed by atoms with Gasteiger partial charge in [0.15, 0.2) is 5.65 Å². The van der Waals surface area contributed by atoms with Gasteiger partial charge in [-0.3, -0.25) is 4.40 Å².